The fourth-order valence-corrected chi connectivity index (χ4v) is 2.20. The molecule has 1 N–H and O–H groups in total. The molecule has 0 saturated carbocycles. The van der Waals surface area contributed by atoms with Gasteiger partial charge in [0.15, 0.2) is 5.75 Å². The summed E-state index contributed by atoms with van der Waals surface area (Å²) >= 11 is 0. The molecule has 0 amide bonds. The van der Waals surface area contributed by atoms with Gasteiger partial charge in [-0.05, 0) is 24.1 Å². The summed E-state index contributed by atoms with van der Waals surface area (Å²) in [5.41, 5.74) is 1.53. The fraction of sp³-hybridized carbons (Fsp3) is 0.400. The number of hydrogen-bond acceptors (Lipinski definition) is 3. The first-order valence-corrected chi connectivity index (χ1v) is 6.68. The number of methoxy groups -OCH3 is 1. The summed E-state index contributed by atoms with van der Waals surface area (Å²) in [6.45, 7) is 2.77. The summed E-state index contributed by atoms with van der Waals surface area (Å²) in [5.74, 6) is 0.296. The molecule has 1 aromatic carbocycles. The van der Waals surface area contributed by atoms with Crippen molar-refractivity contribution in [3.63, 3.8) is 0 Å². The average Bonchev–Trinajstić information content (AvgIpc) is 2.85. The molecule has 0 saturated heterocycles. The Morgan fingerprint density at radius 3 is 2.65 bits per heavy atom. The quantitative estimate of drug-likeness (QED) is 0.883. The smallest absolute Gasteiger partial charge is 0.162 e. The van der Waals surface area contributed by atoms with Crippen LogP contribution in [0.4, 0.5) is 4.39 Å². The molecule has 1 aromatic heterocycles. The van der Waals surface area contributed by atoms with Gasteiger partial charge in [0, 0.05) is 13.0 Å². The summed E-state index contributed by atoms with van der Waals surface area (Å²) in [6, 6.07) is 6.13. The van der Waals surface area contributed by atoms with Gasteiger partial charge in [-0.1, -0.05) is 19.1 Å². The third-order valence-electron chi connectivity index (χ3n) is 3.16. The van der Waals surface area contributed by atoms with E-state index in [1.54, 1.807) is 30.1 Å². The van der Waals surface area contributed by atoms with Gasteiger partial charge in [0.1, 0.15) is 17.6 Å². The molecule has 2 rings (SSSR count). The number of benzene rings is 1. The Morgan fingerprint density at radius 2 is 2.05 bits per heavy atom. The molecule has 1 unspecified atom stereocenters. The van der Waals surface area contributed by atoms with Crippen LogP contribution in [0, 0.1) is 5.82 Å². The molecule has 0 radical (unpaired) electrons. The van der Waals surface area contributed by atoms with Gasteiger partial charge < -0.3 is 9.84 Å². The normalized spacial score (nSPS) is 12.4. The van der Waals surface area contributed by atoms with E-state index in [9.17, 15) is 9.50 Å². The summed E-state index contributed by atoms with van der Waals surface area (Å²) < 4.78 is 19.9. The number of hydrogen-bond donors (Lipinski definition) is 1. The molecule has 1 heterocycles. The standard InChI is InChI=1S/C15H19FN2O2/c1-3-8-18-15(14(20-2)10-17-18)13(19)9-11-4-6-12(16)7-5-11/h4-7,10,13,19H,3,8-9H2,1-2H3. The highest BCUT2D eigenvalue weighted by molar-refractivity contribution is 5.29. The lowest BCUT2D eigenvalue weighted by atomic mass is 10.1. The van der Waals surface area contributed by atoms with Crippen molar-refractivity contribution in [3.05, 3.63) is 47.5 Å². The summed E-state index contributed by atoms with van der Waals surface area (Å²) in [4.78, 5) is 0. The molecule has 0 bridgehead atoms. The first-order valence-electron chi connectivity index (χ1n) is 6.68. The highest BCUT2D eigenvalue weighted by atomic mass is 19.1. The number of aliphatic hydroxyl groups excluding tert-OH is 1. The zero-order valence-electron chi connectivity index (χ0n) is 11.7. The molecule has 0 fully saturated rings. The maximum Gasteiger partial charge on any atom is 0.162 e. The number of halogens is 1. The van der Waals surface area contributed by atoms with Crippen LogP contribution in [-0.2, 0) is 13.0 Å². The molecular weight excluding hydrogens is 259 g/mol. The predicted molar refractivity (Wildman–Crippen MR) is 74.1 cm³/mol. The van der Waals surface area contributed by atoms with Crippen LogP contribution in [0.2, 0.25) is 0 Å². The van der Waals surface area contributed by atoms with E-state index in [1.165, 1.54) is 12.1 Å². The van der Waals surface area contributed by atoms with E-state index in [2.05, 4.69) is 5.10 Å². The number of rotatable bonds is 6. The molecule has 0 aliphatic carbocycles. The number of nitrogens with zero attached hydrogens (tertiary/aromatic N) is 2. The van der Waals surface area contributed by atoms with Crippen molar-refractivity contribution in [2.45, 2.75) is 32.4 Å². The average molecular weight is 278 g/mol. The van der Waals surface area contributed by atoms with E-state index < -0.39 is 6.10 Å². The van der Waals surface area contributed by atoms with E-state index >= 15 is 0 Å². The SMILES string of the molecule is CCCn1ncc(OC)c1C(O)Cc1ccc(F)cc1. The fourth-order valence-electron chi connectivity index (χ4n) is 2.20. The zero-order chi connectivity index (χ0) is 14.5. The third-order valence-corrected chi connectivity index (χ3v) is 3.16. The van der Waals surface area contributed by atoms with E-state index in [4.69, 9.17) is 4.74 Å². The monoisotopic (exact) mass is 278 g/mol. The maximum atomic E-state index is 12.9. The van der Waals surface area contributed by atoms with Gasteiger partial charge in [-0.15, -0.1) is 0 Å². The lowest BCUT2D eigenvalue weighted by Crippen LogP contribution is -2.12. The lowest BCUT2D eigenvalue weighted by Gasteiger charge is -2.15. The number of ether oxygens (including phenoxy) is 1. The molecule has 2 aromatic rings. The Hall–Kier alpha value is -1.88. The Kier molecular flexibility index (Phi) is 4.74. The highest BCUT2D eigenvalue weighted by Crippen LogP contribution is 2.27. The van der Waals surface area contributed by atoms with Crippen LogP contribution < -0.4 is 4.74 Å². The van der Waals surface area contributed by atoms with Crippen molar-refractivity contribution in [3.8, 4) is 5.75 Å². The van der Waals surface area contributed by atoms with Crippen molar-refractivity contribution in [2.24, 2.45) is 0 Å². The molecule has 0 aliphatic heterocycles. The number of aromatic nitrogens is 2. The largest absolute Gasteiger partial charge is 0.493 e. The molecule has 0 spiro atoms. The second-order valence-electron chi connectivity index (χ2n) is 4.67. The van der Waals surface area contributed by atoms with E-state index in [0.29, 0.717) is 17.9 Å². The topological polar surface area (TPSA) is 47.3 Å². The van der Waals surface area contributed by atoms with Gasteiger partial charge >= 0.3 is 0 Å². The van der Waals surface area contributed by atoms with Gasteiger partial charge in [0.05, 0.1) is 13.3 Å². The van der Waals surface area contributed by atoms with Crippen LogP contribution in [0.1, 0.15) is 30.7 Å². The van der Waals surface area contributed by atoms with Crippen LogP contribution in [0.15, 0.2) is 30.5 Å². The molecule has 0 aliphatic rings. The molecular formula is C15H19FN2O2. The van der Waals surface area contributed by atoms with Gasteiger partial charge in [-0.25, -0.2) is 4.39 Å². The third kappa shape index (κ3) is 3.17. The minimum Gasteiger partial charge on any atom is -0.493 e. The minimum absolute atomic E-state index is 0.281. The summed E-state index contributed by atoms with van der Waals surface area (Å²) in [5, 5.41) is 14.6. The van der Waals surface area contributed by atoms with E-state index in [-0.39, 0.29) is 5.82 Å². The summed E-state index contributed by atoms with van der Waals surface area (Å²) in [6.07, 6.45) is 2.19. The van der Waals surface area contributed by atoms with Crippen LogP contribution in [0.3, 0.4) is 0 Å². The molecule has 4 nitrogen and oxygen atoms in total. The molecule has 5 heteroatoms. The molecule has 108 valence electrons. The first kappa shape index (κ1) is 14.5. The number of aryl methyl sites for hydroxylation is 1. The second kappa shape index (κ2) is 6.52. The van der Waals surface area contributed by atoms with Gasteiger partial charge in [-0.2, -0.15) is 5.10 Å². The second-order valence-corrected chi connectivity index (χ2v) is 4.67. The van der Waals surface area contributed by atoms with Crippen LogP contribution in [0.5, 0.6) is 5.75 Å². The first-order chi connectivity index (χ1) is 9.65. The molecule has 1 atom stereocenters. The number of aliphatic hydroxyl groups is 1. The van der Waals surface area contributed by atoms with Crippen LogP contribution in [-0.4, -0.2) is 22.0 Å². The van der Waals surface area contributed by atoms with Crippen molar-refractivity contribution < 1.29 is 14.2 Å². The van der Waals surface area contributed by atoms with Crippen molar-refractivity contribution in [1.29, 1.82) is 0 Å². The predicted octanol–water partition coefficient (Wildman–Crippen LogP) is 2.72. The van der Waals surface area contributed by atoms with Crippen LogP contribution in [0.25, 0.3) is 0 Å². The van der Waals surface area contributed by atoms with Gasteiger partial charge in [-0.3, -0.25) is 4.68 Å². The van der Waals surface area contributed by atoms with E-state index in [0.717, 1.165) is 18.5 Å². The highest BCUT2D eigenvalue weighted by Gasteiger charge is 2.20. The van der Waals surface area contributed by atoms with E-state index in [1.807, 2.05) is 6.92 Å². The van der Waals surface area contributed by atoms with Crippen LogP contribution >= 0.6 is 0 Å². The zero-order valence-corrected chi connectivity index (χ0v) is 11.7. The van der Waals surface area contributed by atoms with Crippen molar-refractivity contribution in [2.75, 3.05) is 7.11 Å². The summed E-state index contributed by atoms with van der Waals surface area (Å²) in [7, 11) is 1.56. The Balaban J connectivity index is 2.21. The minimum atomic E-state index is -0.732. The Labute approximate surface area is 117 Å². The van der Waals surface area contributed by atoms with Gasteiger partial charge in [0.25, 0.3) is 0 Å². The lowest BCUT2D eigenvalue weighted by molar-refractivity contribution is 0.162. The van der Waals surface area contributed by atoms with Crippen molar-refractivity contribution in [1.82, 2.24) is 9.78 Å². The van der Waals surface area contributed by atoms with Crippen molar-refractivity contribution >= 4 is 0 Å². The Bertz CT molecular complexity index is 552. The molecule has 20 heavy (non-hydrogen) atoms. The van der Waals surface area contributed by atoms with Gasteiger partial charge in [0.2, 0.25) is 0 Å². The Morgan fingerprint density at radius 1 is 1.35 bits per heavy atom. The maximum absolute atomic E-state index is 12.9.